The second-order valence-corrected chi connectivity index (χ2v) is 4.21. The minimum atomic E-state index is -0.635. The van der Waals surface area contributed by atoms with Gasteiger partial charge in [0, 0.05) is 19.5 Å². The molecule has 0 aromatic carbocycles. The van der Waals surface area contributed by atoms with Gasteiger partial charge in [-0.2, -0.15) is 5.10 Å². The highest BCUT2D eigenvalue weighted by atomic mass is 16.5. The Balaban J connectivity index is 2.22. The van der Waals surface area contributed by atoms with E-state index < -0.39 is 5.91 Å². The average molecular weight is 252 g/mol. The van der Waals surface area contributed by atoms with Gasteiger partial charge in [-0.3, -0.25) is 19.5 Å². The van der Waals surface area contributed by atoms with Gasteiger partial charge in [-0.25, -0.2) is 5.48 Å². The minimum absolute atomic E-state index is 0.0952. The van der Waals surface area contributed by atoms with Crippen molar-refractivity contribution in [1.29, 1.82) is 0 Å². The molecule has 0 bridgehead atoms. The molecule has 0 unspecified atom stereocenters. The maximum Gasteiger partial charge on any atom is 0.295 e. The predicted octanol–water partition coefficient (Wildman–Crippen LogP) is 0.144. The number of hydrogen-bond donors (Lipinski definition) is 2. The molecule has 0 atom stereocenters. The zero-order valence-electron chi connectivity index (χ0n) is 10.2. The Morgan fingerprint density at radius 2 is 2.28 bits per heavy atom. The van der Waals surface area contributed by atoms with E-state index in [9.17, 15) is 9.59 Å². The van der Waals surface area contributed by atoms with Crippen LogP contribution in [0.3, 0.4) is 0 Å². The zero-order valence-corrected chi connectivity index (χ0v) is 10.2. The van der Waals surface area contributed by atoms with Crippen molar-refractivity contribution in [3.05, 3.63) is 17.5 Å². The fraction of sp³-hybridized carbons (Fsp3) is 0.545. The summed E-state index contributed by atoms with van der Waals surface area (Å²) < 4.78 is 1.72. The second-order valence-electron chi connectivity index (χ2n) is 4.21. The van der Waals surface area contributed by atoms with E-state index in [2.05, 4.69) is 5.10 Å². The number of nitrogens with one attached hydrogen (secondary N) is 1. The van der Waals surface area contributed by atoms with Crippen molar-refractivity contribution in [3.63, 3.8) is 0 Å². The lowest BCUT2D eigenvalue weighted by molar-refractivity contribution is -0.131. The number of nitrogens with zero attached hydrogens (tertiary/aromatic N) is 3. The molecule has 0 aliphatic carbocycles. The number of aromatic nitrogens is 2. The third-order valence-electron chi connectivity index (χ3n) is 3.00. The van der Waals surface area contributed by atoms with Crippen LogP contribution in [-0.2, 0) is 17.9 Å². The molecule has 0 fully saturated rings. The Labute approximate surface area is 104 Å². The quantitative estimate of drug-likeness (QED) is 0.579. The Kier molecular flexibility index (Phi) is 3.61. The van der Waals surface area contributed by atoms with E-state index in [0.29, 0.717) is 26.1 Å². The molecular formula is C11H16N4O3. The van der Waals surface area contributed by atoms with Crippen LogP contribution >= 0.6 is 0 Å². The van der Waals surface area contributed by atoms with E-state index in [1.54, 1.807) is 21.1 Å². The normalized spacial score (nSPS) is 14.9. The Morgan fingerprint density at radius 1 is 1.50 bits per heavy atom. The number of hydrogen-bond acceptors (Lipinski definition) is 4. The molecule has 0 saturated heterocycles. The number of fused-ring (bicyclic) bond motifs is 1. The van der Waals surface area contributed by atoms with Crippen LogP contribution in [0.15, 0.2) is 6.07 Å². The molecule has 98 valence electrons. The Hall–Kier alpha value is -1.89. The van der Waals surface area contributed by atoms with Gasteiger partial charge < -0.3 is 4.90 Å². The largest absolute Gasteiger partial charge is 0.337 e. The van der Waals surface area contributed by atoms with Gasteiger partial charge in [0.05, 0.1) is 12.2 Å². The molecule has 7 heteroatoms. The maximum absolute atomic E-state index is 11.7. The van der Waals surface area contributed by atoms with Crippen molar-refractivity contribution < 1.29 is 14.8 Å². The monoisotopic (exact) mass is 252 g/mol. The van der Waals surface area contributed by atoms with Gasteiger partial charge >= 0.3 is 0 Å². The number of rotatable bonds is 2. The van der Waals surface area contributed by atoms with Crippen LogP contribution < -0.4 is 5.48 Å². The summed E-state index contributed by atoms with van der Waals surface area (Å²) >= 11 is 0. The molecule has 1 aromatic heterocycles. The summed E-state index contributed by atoms with van der Waals surface area (Å²) in [5.41, 5.74) is 2.53. The maximum atomic E-state index is 11.7. The van der Waals surface area contributed by atoms with Crippen LogP contribution in [0.2, 0.25) is 0 Å². The smallest absolute Gasteiger partial charge is 0.295 e. The summed E-state index contributed by atoms with van der Waals surface area (Å²) in [4.78, 5) is 24.7. The van der Waals surface area contributed by atoms with Gasteiger partial charge in [0.15, 0.2) is 5.69 Å². The first-order chi connectivity index (χ1) is 8.65. The molecule has 18 heavy (non-hydrogen) atoms. The zero-order chi connectivity index (χ0) is 13.1. The standard InChI is InChI=1S/C11H16N4O3/c1-2-10(16)14-4-3-5-15-8(7-14)6-9(12-15)11(17)13-18/h6,18H,2-5,7H2,1H3,(H,13,17). The number of carbonyl (C=O) groups excluding carboxylic acids is 2. The van der Waals surface area contributed by atoms with E-state index in [0.717, 1.165) is 12.1 Å². The van der Waals surface area contributed by atoms with Gasteiger partial charge in [-0.05, 0) is 12.5 Å². The lowest BCUT2D eigenvalue weighted by atomic mass is 10.3. The summed E-state index contributed by atoms with van der Waals surface area (Å²) in [5.74, 6) is -0.540. The van der Waals surface area contributed by atoms with E-state index in [4.69, 9.17) is 5.21 Å². The van der Waals surface area contributed by atoms with Crippen LogP contribution in [0.5, 0.6) is 0 Å². The van der Waals surface area contributed by atoms with Gasteiger partial charge in [0.25, 0.3) is 5.91 Å². The third kappa shape index (κ3) is 2.35. The first kappa shape index (κ1) is 12.6. The summed E-state index contributed by atoms with van der Waals surface area (Å²) in [7, 11) is 0. The Bertz CT molecular complexity index is 469. The highest BCUT2D eigenvalue weighted by Crippen LogP contribution is 2.14. The fourth-order valence-electron chi connectivity index (χ4n) is 2.07. The van der Waals surface area contributed by atoms with E-state index in [-0.39, 0.29) is 11.6 Å². The second kappa shape index (κ2) is 5.18. The molecule has 1 aliphatic heterocycles. The molecule has 2 heterocycles. The predicted molar refractivity (Wildman–Crippen MR) is 61.8 cm³/mol. The SMILES string of the molecule is CCC(=O)N1CCCn2nc(C(=O)NO)cc2C1. The van der Waals surface area contributed by atoms with Gasteiger partial charge in [0.1, 0.15) is 0 Å². The van der Waals surface area contributed by atoms with Crippen molar-refractivity contribution in [1.82, 2.24) is 20.2 Å². The molecule has 2 rings (SSSR count). The molecule has 0 spiro atoms. The molecule has 0 saturated carbocycles. The molecule has 7 nitrogen and oxygen atoms in total. The number of aryl methyl sites for hydroxylation is 1. The number of amides is 2. The molecule has 0 radical (unpaired) electrons. The van der Waals surface area contributed by atoms with Crippen LogP contribution in [-0.4, -0.2) is 38.2 Å². The van der Waals surface area contributed by atoms with Gasteiger partial charge in [-0.15, -0.1) is 0 Å². The summed E-state index contributed by atoms with van der Waals surface area (Å²) in [5, 5.41) is 12.7. The van der Waals surface area contributed by atoms with Crippen LogP contribution in [0.4, 0.5) is 0 Å². The molecule has 2 N–H and O–H groups in total. The Morgan fingerprint density at radius 3 is 2.94 bits per heavy atom. The molecule has 1 aromatic rings. The van der Waals surface area contributed by atoms with Gasteiger partial charge in [-0.1, -0.05) is 6.92 Å². The first-order valence-electron chi connectivity index (χ1n) is 5.94. The lowest BCUT2D eigenvalue weighted by Crippen LogP contribution is -2.29. The first-order valence-corrected chi connectivity index (χ1v) is 5.94. The van der Waals surface area contributed by atoms with Crippen molar-refractivity contribution in [2.75, 3.05) is 6.54 Å². The summed E-state index contributed by atoms with van der Waals surface area (Å²) in [6.07, 6.45) is 1.28. The van der Waals surface area contributed by atoms with Crippen LogP contribution in [0, 0.1) is 0 Å². The molecular weight excluding hydrogens is 236 g/mol. The van der Waals surface area contributed by atoms with E-state index >= 15 is 0 Å². The lowest BCUT2D eigenvalue weighted by Gasteiger charge is -2.18. The summed E-state index contributed by atoms with van der Waals surface area (Å²) in [6, 6.07) is 1.60. The summed E-state index contributed by atoms with van der Waals surface area (Å²) in [6.45, 7) is 3.66. The van der Waals surface area contributed by atoms with E-state index in [1.165, 1.54) is 0 Å². The van der Waals surface area contributed by atoms with Crippen LogP contribution in [0.1, 0.15) is 35.9 Å². The van der Waals surface area contributed by atoms with Crippen LogP contribution in [0.25, 0.3) is 0 Å². The minimum Gasteiger partial charge on any atom is -0.337 e. The fourth-order valence-corrected chi connectivity index (χ4v) is 2.07. The van der Waals surface area contributed by atoms with Gasteiger partial charge in [0.2, 0.25) is 5.91 Å². The average Bonchev–Trinajstić information content (AvgIpc) is 2.69. The van der Waals surface area contributed by atoms with E-state index in [1.807, 2.05) is 6.92 Å². The topological polar surface area (TPSA) is 87.5 Å². The number of carbonyl (C=O) groups is 2. The number of hydroxylamine groups is 1. The molecule has 2 amide bonds. The third-order valence-corrected chi connectivity index (χ3v) is 3.00. The highest BCUT2D eigenvalue weighted by Gasteiger charge is 2.21. The van der Waals surface area contributed by atoms with Crippen molar-refractivity contribution >= 4 is 11.8 Å². The van der Waals surface area contributed by atoms with Crippen molar-refractivity contribution in [2.45, 2.75) is 32.9 Å². The van der Waals surface area contributed by atoms with Crippen molar-refractivity contribution in [3.8, 4) is 0 Å². The highest BCUT2D eigenvalue weighted by molar-refractivity contribution is 5.91. The molecule has 1 aliphatic rings. The van der Waals surface area contributed by atoms with Crippen molar-refractivity contribution in [2.24, 2.45) is 0 Å².